The summed E-state index contributed by atoms with van der Waals surface area (Å²) in [6.45, 7) is 6.31. The molecule has 0 heterocycles. The predicted molar refractivity (Wildman–Crippen MR) is 77.6 cm³/mol. The molecule has 0 aliphatic rings. The summed E-state index contributed by atoms with van der Waals surface area (Å²) in [5.41, 5.74) is 1.07. The highest BCUT2D eigenvalue weighted by molar-refractivity contribution is 5.82. The highest BCUT2D eigenvalue weighted by Gasteiger charge is 2.22. The van der Waals surface area contributed by atoms with Crippen molar-refractivity contribution in [1.29, 1.82) is 0 Å². The van der Waals surface area contributed by atoms with Crippen LogP contribution >= 0.6 is 0 Å². The number of hydrogen-bond donors (Lipinski definition) is 3. The molecule has 1 aromatic carbocycles. The van der Waals surface area contributed by atoms with Crippen molar-refractivity contribution < 1.29 is 14.7 Å². The fraction of sp³-hybridized carbons (Fsp3) is 0.467. The monoisotopic (exact) mass is 278 g/mol. The van der Waals surface area contributed by atoms with Gasteiger partial charge in [0.05, 0.1) is 0 Å². The maximum Gasteiger partial charge on any atom is 0.327 e. The molecule has 1 amide bonds. The van der Waals surface area contributed by atoms with Gasteiger partial charge >= 0.3 is 5.97 Å². The van der Waals surface area contributed by atoms with E-state index in [1.54, 1.807) is 0 Å². The average Bonchev–Trinajstić information content (AvgIpc) is 2.38. The molecule has 3 N–H and O–H groups in total. The third-order valence-corrected chi connectivity index (χ3v) is 3.15. The highest BCUT2D eigenvalue weighted by atomic mass is 16.4. The normalized spacial score (nSPS) is 12.8. The van der Waals surface area contributed by atoms with Gasteiger partial charge in [-0.3, -0.25) is 4.79 Å². The van der Waals surface area contributed by atoms with Gasteiger partial charge in [0, 0.05) is 25.4 Å². The van der Waals surface area contributed by atoms with Gasteiger partial charge in [-0.2, -0.15) is 0 Å². The van der Waals surface area contributed by atoms with Gasteiger partial charge in [0.25, 0.3) is 0 Å². The van der Waals surface area contributed by atoms with Crippen molar-refractivity contribution in [3.63, 3.8) is 0 Å². The lowest BCUT2D eigenvalue weighted by atomic mass is 9.84. The quantitative estimate of drug-likeness (QED) is 0.699. The number of carboxylic acid groups (broad SMARTS) is 1. The first-order valence-corrected chi connectivity index (χ1v) is 6.59. The Morgan fingerprint density at radius 2 is 1.85 bits per heavy atom. The van der Waals surface area contributed by atoms with E-state index in [9.17, 15) is 9.59 Å². The molecular formula is C15H22N2O3. The van der Waals surface area contributed by atoms with Crippen LogP contribution in [0.2, 0.25) is 0 Å². The predicted octanol–water partition coefficient (Wildman–Crippen LogP) is 1.14. The SMILES string of the molecule is CC(=O)NC(CNCC(C)(C)c1ccccc1)C(=O)O. The van der Waals surface area contributed by atoms with Crippen molar-refractivity contribution in [2.45, 2.75) is 32.2 Å². The summed E-state index contributed by atoms with van der Waals surface area (Å²) in [5.74, 6) is -1.38. The van der Waals surface area contributed by atoms with Crippen LogP contribution in [0, 0.1) is 0 Å². The van der Waals surface area contributed by atoms with Crippen molar-refractivity contribution >= 4 is 11.9 Å². The lowest BCUT2D eigenvalue weighted by Gasteiger charge is -2.26. The maximum atomic E-state index is 11.0. The van der Waals surface area contributed by atoms with Gasteiger partial charge in [-0.25, -0.2) is 4.79 Å². The van der Waals surface area contributed by atoms with Crippen LogP contribution in [0.5, 0.6) is 0 Å². The molecule has 0 aromatic heterocycles. The lowest BCUT2D eigenvalue weighted by molar-refractivity contribution is -0.141. The van der Waals surface area contributed by atoms with E-state index in [0.29, 0.717) is 6.54 Å². The van der Waals surface area contributed by atoms with Gasteiger partial charge in [-0.15, -0.1) is 0 Å². The molecule has 110 valence electrons. The van der Waals surface area contributed by atoms with Gasteiger partial charge in [0.2, 0.25) is 5.91 Å². The Morgan fingerprint density at radius 3 is 2.35 bits per heavy atom. The van der Waals surface area contributed by atoms with Crippen molar-refractivity contribution in [3.05, 3.63) is 35.9 Å². The molecule has 0 bridgehead atoms. The number of aliphatic carboxylic acids is 1. The van der Waals surface area contributed by atoms with Crippen molar-refractivity contribution in [2.75, 3.05) is 13.1 Å². The largest absolute Gasteiger partial charge is 0.480 e. The topological polar surface area (TPSA) is 78.4 Å². The highest BCUT2D eigenvalue weighted by Crippen LogP contribution is 2.21. The molecule has 1 aromatic rings. The number of benzene rings is 1. The Balaban J connectivity index is 2.53. The molecule has 0 aliphatic carbocycles. The molecule has 0 radical (unpaired) electrons. The summed E-state index contributed by atoms with van der Waals surface area (Å²) in [4.78, 5) is 21.9. The van der Waals surface area contributed by atoms with E-state index in [-0.39, 0.29) is 17.9 Å². The lowest BCUT2D eigenvalue weighted by Crippen LogP contribution is -2.48. The summed E-state index contributed by atoms with van der Waals surface area (Å²) in [6.07, 6.45) is 0. The Kier molecular flexibility index (Phi) is 5.70. The molecule has 0 saturated heterocycles. The number of rotatable bonds is 7. The second kappa shape index (κ2) is 7.05. The molecule has 1 unspecified atom stereocenters. The standard InChI is InChI=1S/C15H22N2O3/c1-11(18)17-13(14(19)20)9-16-10-15(2,3)12-7-5-4-6-8-12/h4-8,13,16H,9-10H2,1-3H3,(H,17,18)(H,19,20). The van der Waals surface area contributed by atoms with Crippen LogP contribution in [-0.4, -0.2) is 36.1 Å². The van der Waals surface area contributed by atoms with Crippen molar-refractivity contribution in [3.8, 4) is 0 Å². The van der Waals surface area contributed by atoms with E-state index in [1.807, 2.05) is 30.3 Å². The smallest absolute Gasteiger partial charge is 0.327 e. The zero-order valence-electron chi connectivity index (χ0n) is 12.1. The molecule has 0 saturated carbocycles. The van der Waals surface area contributed by atoms with Gasteiger partial charge < -0.3 is 15.7 Å². The number of carbonyl (C=O) groups excluding carboxylic acids is 1. The minimum atomic E-state index is -1.04. The number of carboxylic acids is 1. The summed E-state index contributed by atoms with van der Waals surface area (Å²) in [7, 11) is 0. The molecular weight excluding hydrogens is 256 g/mol. The zero-order valence-corrected chi connectivity index (χ0v) is 12.1. The van der Waals surface area contributed by atoms with Crippen LogP contribution in [0.15, 0.2) is 30.3 Å². The number of nitrogens with one attached hydrogen (secondary N) is 2. The third-order valence-electron chi connectivity index (χ3n) is 3.15. The van der Waals surface area contributed by atoms with E-state index >= 15 is 0 Å². The van der Waals surface area contributed by atoms with Crippen LogP contribution in [0.25, 0.3) is 0 Å². The first-order chi connectivity index (χ1) is 9.33. The van der Waals surface area contributed by atoms with Crippen LogP contribution in [0.4, 0.5) is 0 Å². The van der Waals surface area contributed by atoms with Gasteiger partial charge in [0.15, 0.2) is 0 Å². The summed E-state index contributed by atoms with van der Waals surface area (Å²) < 4.78 is 0. The molecule has 5 nitrogen and oxygen atoms in total. The molecule has 20 heavy (non-hydrogen) atoms. The van der Waals surface area contributed by atoms with Gasteiger partial charge in [0.1, 0.15) is 6.04 Å². The van der Waals surface area contributed by atoms with E-state index in [0.717, 1.165) is 0 Å². The molecule has 0 aliphatic heterocycles. The third kappa shape index (κ3) is 5.01. The number of carbonyl (C=O) groups is 2. The molecule has 5 heteroatoms. The number of amides is 1. The fourth-order valence-electron chi connectivity index (χ4n) is 1.97. The molecule has 0 spiro atoms. The Morgan fingerprint density at radius 1 is 1.25 bits per heavy atom. The summed E-state index contributed by atoms with van der Waals surface area (Å²) in [6, 6.07) is 9.11. The van der Waals surface area contributed by atoms with Gasteiger partial charge in [-0.1, -0.05) is 44.2 Å². The van der Waals surface area contributed by atoms with E-state index in [1.165, 1.54) is 12.5 Å². The summed E-state index contributed by atoms with van der Waals surface area (Å²) in [5, 5.41) is 14.5. The van der Waals surface area contributed by atoms with Crippen LogP contribution in [0.1, 0.15) is 26.3 Å². The van der Waals surface area contributed by atoms with Gasteiger partial charge in [-0.05, 0) is 5.56 Å². The summed E-state index contributed by atoms with van der Waals surface area (Å²) >= 11 is 0. The van der Waals surface area contributed by atoms with E-state index in [4.69, 9.17) is 5.11 Å². The minimum Gasteiger partial charge on any atom is -0.480 e. The van der Waals surface area contributed by atoms with Crippen molar-refractivity contribution in [1.82, 2.24) is 10.6 Å². The van der Waals surface area contributed by atoms with E-state index < -0.39 is 12.0 Å². The Labute approximate surface area is 119 Å². The fourth-order valence-corrected chi connectivity index (χ4v) is 1.97. The molecule has 1 rings (SSSR count). The van der Waals surface area contributed by atoms with Crippen LogP contribution < -0.4 is 10.6 Å². The second-order valence-electron chi connectivity index (χ2n) is 5.47. The second-order valence-corrected chi connectivity index (χ2v) is 5.47. The van der Waals surface area contributed by atoms with Crippen molar-refractivity contribution in [2.24, 2.45) is 0 Å². The maximum absolute atomic E-state index is 11.0. The van der Waals surface area contributed by atoms with Crippen LogP contribution in [-0.2, 0) is 15.0 Å². The van der Waals surface area contributed by atoms with Crippen LogP contribution in [0.3, 0.4) is 0 Å². The Bertz CT molecular complexity index is 457. The number of hydrogen-bond acceptors (Lipinski definition) is 3. The average molecular weight is 278 g/mol. The first kappa shape index (κ1) is 16.2. The van der Waals surface area contributed by atoms with E-state index in [2.05, 4.69) is 24.5 Å². The minimum absolute atomic E-state index is 0.111. The Hall–Kier alpha value is -1.88. The zero-order chi connectivity index (χ0) is 15.2. The first-order valence-electron chi connectivity index (χ1n) is 6.59. The molecule has 0 fully saturated rings. The molecule has 1 atom stereocenters.